The van der Waals surface area contributed by atoms with Gasteiger partial charge in [0, 0.05) is 25.5 Å². The van der Waals surface area contributed by atoms with Gasteiger partial charge in [-0.25, -0.2) is 9.97 Å². The summed E-state index contributed by atoms with van der Waals surface area (Å²) in [4.78, 5) is 22.5. The van der Waals surface area contributed by atoms with Crippen LogP contribution in [-0.4, -0.2) is 35.7 Å². The minimum atomic E-state index is -0.143. The molecule has 0 radical (unpaired) electrons. The van der Waals surface area contributed by atoms with Crippen LogP contribution in [-0.2, 0) is 4.79 Å². The number of benzene rings is 1. The second-order valence-corrected chi connectivity index (χ2v) is 6.39. The fraction of sp³-hybridized carbons (Fsp3) is 0.294. The number of amides is 1. The van der Waals surface area contributed by atoms with Crippen molar-refractivity contribution in [3.8, 4) is 6.07 Å². The first-order chi connectivity index (χ1) is 11.4. The summed E-state index contributed by atoms with van der Waals surface area (Å²) in [6.45, 7) is 3.54. The Morgan fingerprint density at radius 2 is 1.92 bits per heavy atom. The average Bonchev–Trinajstić information content (AvgIpc) is 2.53. The second kappa shape index (κ2) is 7.79. The smallest absolute Gasteiger partial charge is 0.234 e. The van der Waals surface area contributed by atoms with E-state index < -0.39 is 0 Å². The highest BCUT2D eigenvalue weighted by atomic mass is 32.2. The molecule has 7 heteroatoms. The molecule has 1 aromatic carbocycles. The average molecular weight is 341 g/mol. The van der Waals surface area contributed by atoms with Crippen LogP contribution in [0.3, 0.4) is 0 Å². The van der Waals surface area contributed by atoms with Gasteiger partial charge in [0.05, 0.1) is 11.4 Å². The summed E-state index contributed by atoms with van der Waals surface area (Å²) >= 11 is 1.24. The number of anilines is 2. The van der Waals surface area contributed by atoms with Gasteiger partial charge in [-0.1, -0.05) is 11.8 Å². The van der Waals surface area contributed by atoms with Crippen LogP contribution < -0.4 is 10.2 Å². The van der Waals surface area contributed by atoms with Gasteiger partial charge in [-0.15, -0.1) is 0 Å². The first-order valence-corrected chi connectivity index (χ1v) is 8.34. The largest absolute Gasteiger partial charge is 0.378 e. The van der Waals surface area contributed by atoms with Crippen molar-refractivity contribution in [1.29, 1.82) is 5.26 Å². The molecule has 0 saturated carbocycles. The number of rotatable bonds is 5. The van der Waals surface area contributed by atoms with E-state index in [9.17, 15) is 10.1 Å². The summed E-state index contributed by atoms with van der Waals surface area (Å²) in [7, 11) is 3.92. The van der Waals surface area contributed by atoms with E-state index in [1.807, 2.05) is 43.3 Å². The van der Waals surface area contributed by atoms with E-state index in [0.717, 1.165) is 11.4 Å². The van der Waals surface area contributed by atoms with Crippen molar-refractivity contribution in [2.24, 2.45) is 0 Å². The number of nitriles is 1. The Labute approximate surface area is 145 Å². The third kappa shape index (κ3) is 4.46. The molecule has 0 spiro atoms. The van der Waals surface area contributed by atoms with Crippen molar-refractivity contribution in [2.45, 2.75) is 18.9 Å². The van der Waals surface area contributed by atoms with E-state index in [1.54, 1.807) is 13.8 Å². The van der Waals surface area contributed by atoms with Crippen LogP contribution in [0.2, 0.25) is 0 Å². The molecule has 0 aliphatic heterocycles. The van der Waals surface area contributed by atoms with Crippen molar-refractivity contribution in [3.63, 3.8) is 0 Å². The van der Waals surface area contributed by atoms with E-state index in [-0.39, 0.29) is 11.7 Å². The van der Waals surface area contributed by atoms with Crippen molar-refractivity contribution < 1.29 is 4.79 Å². The molecule has 6 nitrogen and oxygen atoms in total. The number of thioether (sulfide) groups is 1. The molecular formula is C17H19N5OS. The number of nitrogens with zero attached hydrogens (tertiary/aromatic N) is 4. The van der Waals surface area contributed by atoms with E-state index in [1.165, 1.54) is 11.8 Å². The van der Waals surface area contributed by atoms with Gasteiger partial charge in [0.1, 0.15) is 22.5 Å². The lowest BCUT2D eigenvalue weighted by molar-refractivity contribution is -0.113. The van der Waals surface area contributed by atoms with Crippen molar-refractivity contribution in [1.82, 2.24) is 9.97 Å². The first-order valence-electron chi connectivity index (χ1n) is 7.36. The lowest BCUT2D eigenvalue weighted by atomic mass is 10.2. The quantitative estimate of drug-likeness (QED) is 0.665. The molecular weight excluding hydrogens is 322 g/mol. The fourth-order valence-electron chi connectivity index (χ4n) is 2.09. The maximum atomic E-state index is 12.1. The SMILES string of the molecule is Cc1nc(C)c(C#N)c(SCC(=O)Nc2ccc(N(C)C)cc2)n1. The number of hydrogen-bond acceptors (Lipinski definition) is 6. The molecule has 124 valence electrons. The van der Waals surface area contributed by atoms with Crippen LogP contribution in [0, 0.1) is 25.2 Å². The van der Waals surface area contributed by atoms with Crippen molar-refractivity contribution >= 4 is 29.0 Å². The number of nitrogens with one attached hydrogen (secondary N) is 1. The van der Waals surface area contributed by atoms with Crippen LogP contribution in [0.5, 0.6) is 0 Å². The Bertz CT molecular complexity index is 781. The highest BCUT2D eigenvalue weighted by molar-refractivity contribution is 8.00. The van der Waals surface area contributed by atoms with Crippen LogP contribution in [0.1, 0.15) is 17.1 Å². The molecule has 0 aliphatic carbocycles. The zero-order valence-electron chi connectivity index (χ0n) is 14.1. The van der Waals surface area contributed by atoms with Crippen LogP contribution >= 0.6 is 11.8 Å². The topological polar surface area (TPSA) is 81.9 Å². The Hall–Kier alpha value is -2.59. The maximum Gasteiger partial charge on any atom is 0.234 e. The zero-order valence-corrected chi connectivity index (χ0v) is 14.9. The fourth-order valence-corrected chi connectivity index (χ4v) is 2.96. The molecule has 0 atom stereocenters. The van der Waals surface area contributed by atoms with E-state index in [0.29, 0.717) is 22.1 Å². The van der Waals surface area contributed by atoms with Gasteiger partial charge in [0.15, 0.2) is 0 Å². The molecule has 24 heavy (non-hydrogen) atoms. The Kier molecular flexibility index (Phi) is 5.77. The molecule has 1 amide bonds. The van der Waals surface area contributed by atoms with Gasteiger partial charge in [-0.3, -0.25) is 4.79 Å². The lowest BCUT2D eigenvalue weighted by Gasteiger charge is -2.13. The lowest BCUT2D eigenvalue weighted by Crippen LogP contribution is -2.15. The minimum absolute atomic E-state index is 0.143. The summed E-state index contributed by atoms with van der Waals surface area (Å²) in [6.07, 6.45) is 0. The standard InChI is InChI=1S/C17H19N5OS/c1-11-15(9-18)17(20-12(2)19-11)24-10-16(23)21-13-5-7-14(8-6-13)22(3)4/h5-8H,10H2,1-4H3,(H,21,23). The molecule has 1 heterocycles. The van der Waals surface area contributed by atoms with Gasteiger partial charge >= 0.3 is 0 Å². The highest BCUT2D eigenvalue weighted by Gasteiger charge is 2.12. The number of carbonyl (C=O) groups is 1. The molecule has 0 fully saturated rings. The van der Waals surface area contributed by atoms with E-state index in [2.05, 4.69) is 21.4 Å². The van der Waals surface area contributed by atoms with Crippen LogP contribution in [0.15, 0.2) is 29.3 Å². The monoisotopic (exact) mass is 341 g/mol. The first kappa shape index (κ1) is 17.8. The number of aromatic nitrogens is 2. The molecule has 0 saturated heterocycles. The van der Waals surface area contributed by atoms with Gasteiger partial charge in [-0.05, 0) is 38.1 Å². The summed E-state index contributed by atoms with van der Waals surface area (Å²) in [5, 5.41) is 12.6. The third-order valence-corrected chi connectivity index (χ3v) is 4.26. The van der Waals surface area contributed by atoms with Crippen molar-refractivity contribution in [2.75, 3.05) is 30.1 Å². The van der Waals surface area contributed by atoms with E-state index in [4.69, 9.17) is 0 Å². The summed E-state index contributed by atoms with van der Waals surface area (Å²) in [5.41, 5.74) is 2.86. The molecule has 2 rings (SSSR count). The summed E-state index contributed by atoms with van der Waals surface area (Å²) < 4.78 is 0. The molecule has 0 bridgehead atoms. The van der Waals surface area contributed by atoms with E-state index >= 15 is 0 Å². The van der Waals surface area contributed by atoms with Gasteiger partial charge in [0.2, 0.25) is 5.91 Å². The highest BCUT2D eigenvalue weighted by Crippen LogP contribution is 2.22. The van der Waals surface area contributed by atoms with Gasteiger partial charge in [-0.2, -0.15) is 5.26 Å². The predicted molar refractivity (Wildman–Crippen MR) is 96.3 cm³/mol. The predicted octanol–water partition coefficient (Wildman–Crippen LogP) is 2.76. The third-order valence-electron chi connectivity index (χ3n) is 3.29. The number of aryl methyl sites for hydroxylation is 2. The van der Waals surface area contributed by atoms with Gasteiger partial charge in [0.25, 0.3) is 0 Å². The number of carbonyl (C=O) groups excluding carboxylic acids is 1. The Balaban J connectivity index is 2.00. The Morgan fingerprint density at radius 3 is 2.50 bits per heavy atom. The maximum absolute atomic E-state index is 12.1. The molecule has 1 aromatic heterocycles. The molecule has 0 aliphatic rings. The zero-order chi connectivity index (χ0) is 17.7. The normalized spacial score (nSPS) is 10.1. The molecule has 2 aromatic rings. The summed E-state index contributed by atoms with van der Waals surface area (Å²) in [5.74, 6) is 0.629. The Morgan fingerprint density at radius 1 is 1.25 bits per heavy atom. The van der Waals surface area contributed by atoms with Crippen LogP contribution in [0.4, 0.5) is 11.4 Å². The van der Waals surface area contributed by atoms with Crippen LogP contribution in [0.25, 0.3) is 0 Å². The molecule has 1 N–H and O–H groups in total. The van der Waals surface area contributed by atoms with Crippen molar-refractivity contribution in [3.05, 3.63) is 41.3 Å². The van der Waals surface area contributed by atoms with Gasteiger partial charge < -0.3 is 10.2 Å². The molecule has 0 unspecified atom stereocenters. The second-order valence-electron chi connectivity index (χ2n) is 5.43. The minimum Gasteiger partial charge on any atom is -0.378 e. The number of hydrogen-bond donors (Lipinski definition) is 1. The summed E-state index contributed by atoms with van der Waals surface area (Å²) in [6, 6.07) is 9.69.